The largest absolute Gasteiger partial charge is 0.465 e. The molecule has 5 heteroatoms. The van der Waals surface area contributed by atoms with Gasteiger partial charge in [0.15, 0.2) is 0 Å². The number of rotatable bonds is 4. The van der Waals surface area contributed by atoms with Gasteiger partial charge in [0.1, 0.15) is 6.29 Å². The predicted octanol–water partition coefficient (Wildman–Crippen LogP) is 0.590. The maximum absolute atomic E-state index is 10.8. The third-order valence-corrected chi connectivity index (χ3v) is 2.51. The number of amides is 1. The SMILES string of the molecule is CCOCC1C(C=O)CCN1C(=O)O. The van der Waals surface area contributed by atoms with Crippen molar-refractivity contribution in [3.05, 3.63) is 0 Å². The van der Waals surface area contributed by atoms with Crippen LogP contribution in [-0.2, 0) is 9.53 Å². The minimum absolute atomic E-state index is 0.211. The molecule has 2 unspecified atom stereocenters. The zero-order valence-electron chi connectivity index (χ0n) is 8.18. The lowest BCUT2D eigenvalue weighted by molar-refractivity contribution is -0.112. The lowest BCUT2D eigenvalue weighted by Gasteiger charge is -2.23. The summed E-state index contributed by atoms with van der Waals surface area (Å²) in [5, 5.41) is 8.85. The third kappa shape index (κ3) is 2.23. The molecule has 0 aromatic rings. The van der Waals surface area contributed by atoms with E-state index in [4.69, 9.17) is 9.84 Å². The Labute approximate surface area is 82.6 Å². The van der Waals surface area contributed by atoms with Gasteiger partial charge in [0.05, 0.1) is 12.6 Å². The van der Waals surface area contributed by atoms with Crippen molar-refractivity contribution >= 4 is 12.4 Å². The fourth-order valence-corrected chi connectivity index (χ4v) is 1.73. The van der Waals surface area contributed by atoms with Crippen molar-refractivity contribution in [1.29, 1.82) is 0 Å². The summed E-state index contributed by atoms with van der Waals surface area (Å²) >= 11 is 0. The fraction of sp³-hybridized carbons (Fsp3) is 0.778. The molecule has 0 aromatic heterocycles. The van der Waals surface area contributed by atoms with E-state index in [1.807, 2.05) is 6.92 Å². The van der Waals surface area contributed by atoms with Crippen molar-refractivity contribution in [2.24, 2.45) is 5.92 Å². The first-order valence-corrected chi connectivity index (χ1v) is 4.73. The van der Waals surface area contributed by atoms with Crippen LogP contribution in [0.2, 0.25) is 0 Å². The number of ether oxygens (including phenoxy) is 1. The van der Waals surface area contributed by atoms with Gasteiger partial charge in [-0.3, -0.25) is 0 Å². The van der Waals surface area contributed by atoms with E-state index in [2.05, 4.69) is 0 Å². The first-order valence-electron chi connectivity index (χ1n) is 4.73. The van der Waals surface area contributed by atoms with Crippen molar-refractivity contribution in [1.82, 2.24) is 4.90 Å². The van der Waals surface area contributed by atoms with Gasteiger partial charge in [-0.1, -0.05) is 0 Å². The Kier molecular flexibility index (Phi) is 3.88. The number of hydrogen-bond acceptors (Lipinski definition) is 3. The molecule has 1 fully saturated rings. The molecule has 0 spiro atoms. The number of carbonyl (C=O) groups is 2. The minimum Gasteiger partial charge on any atom is -0.465 e. The summed E-state index contributed by atoms with van der Waals surface area (Å²) in [6.45, 7) is 3.12. The van der Waals surface area contributed by atoms with E-state index < -0.39 is 6.09 Å². The summed E-state index contributed by atoms with van der Waals surface area (Å²) in [7, 11) is 0. The lowest BCUT2D eigenvalue weighted by atomic mass is 10.0. The van der Waals surface area contributed by atoms with Gasteiger partial charge in [0.25, 0.3) is 0 Å². The maximum Gasteiger partial charge on any atom is 0.407 e. The van der Waals surface area contributed by atoms with E-state index in [0.29, 0.717) is 26.2 Å². The third-order valence-electron chi connectivity index (χ3n) is 2.51. The molecule has 1 saturated heterocycles. The Morgan fingerprint density at radius 2 is 2.43 bits per heavy atom. The molecule has 1 N–H and O–H groups in total. The van der Waals surface area contributed by atoms with Crippen LogP contribution in [0.25, 0.3) is 0 Å². The van der Waals surface area contributed by atoms with Crippen LogP contribution in [0.3, 0.4) is 0 Å². The minimum atomic E-state index is -0.973. The Bertz CT molecular complexity index is 219. The molecule has 14 heavy (non-hydrogen) atoms. The van der Waals surface area contributed by atoms with Crippen LogP contribution in [0.15, 0.2) is 0 Å². The topological polar surface area (TPSA) is 66.8 Å². The zero-order chi connectivity index (χ0) is 10.6. The second kappa shape index (κ2) is 4.95. The summed E-state index contributed by atoms with van der Waals surface area (Å²) in [6.07, 6.45) is 0.458. The number of aldehydes is 1. The average Bonchev–Trinajstić information content (AvgIpc) is 2.57. The molecule has 1 amide bonds. The number of likely N-dealkylation sites (tertiary alicyclic amines) is 1. The summed E-state index contributed by atoms with van der Waals surface area (Å²) in [5.41, 5.74) is 0. The maximum atomic E-state index is 10.8. The number of carboxylic acid groups (broad SMARTS) is 1. The zero-order valence-corrected chi connectivity index (χ0v) is 8.18. The van der Waals surface area contributed by atoms with Crippen LogP contribution in [0.4, 0.5) is 4.79 Å². The van der Waals surface area contributed by atoms with Gasteiger partial charge < -0.3 is 19.5 Å². The molecule has 5 nitrogen and oxygen atoms in total. The van der Waals surface area contributed by atoms with Gasteiger partial charge >= 0.3 is 6.09 Å². The first kappa shape index (κ1) is 11.0. The fourth-order valence-electron chi connectivity index (χ4n) is 1.73. The van der Waals surface area contributed by atoms with E-state index in [9.17, 15) is 9.59 Å². The highest BCUT2D eigenvalue weighted by Gasteiger charge is 2.36. The van der Waals surface area contributed by atoms with Gasteiger partial charge in [0, 0.05) is 19.1 Å². The van der Waals surface area contributed by atoms with Crippen LogP contribution in [-0.4, -0.2) is 48.2 Å². The highest BCUT2D eigenvalue weighted by Crippen LogP contribution is 2.22. The second-order valence-electron chi connectivity index (χ2n) is 3.29. The summed E-state index contributed by atoms with van der Waals surface area (Å²) in [6, 6.07) is -0.301. The summed E-state index contributed by atoms with van der Waals surface area (Å²) < 4.78 is 5.17. The van der Waals surface area contributed by atoms with Crippen molar-refractivity contribution in [3.63, 3.8) is 0 Å². The average molecular weight is 201 g/mol. The van der Waals surface area contributed by atoms with Crippen LogP contribution < -0.4 is 0 Å². The van der Waals surface area contributed by atoms with Gasteiger partial charge in [-0.2, -0.15) is 0 Å². The predicted molar refractivity (Wildman–Crippen MR) is 49.2 cm³/mol. The Morgan fingerprint density at radius 3 is 2.93 bits per heavy atom. The van der Waals surface area contributed by atoms with Crippen LogP contribution in [0.1, 0.15) is 13.3 Å². The van der Waals surface area contributed by atoms with Crippen molar-refractivity contribution in [2.75, 3.05) is 19.8 Å². The van der Waals surface area contributed by atoms with Gasteiger partial charge in [0.2, 0.25) is 0 Å². The summed E-state index contributed by atoms with van der Waals surface area (Å²) in [4.78, 5) is 22.8. The molecule has 1 rings (SSSR count). The van der Waals surface area contributed by atoms with Crippen molar-refractivity contribution < 1.29 is 19.4 Å². The number of carbonyl (C=O) groups excluding carboxylic acids is 1. The first-order chi connectivity index (χ1) is 6.70. The van der Waals surface area contributed by atoms with Crippen LogP contribution in [0.5, 0.6) is 0 Å². The quantitative estimate of drug-likeness (QED) is 0.676. The summed E-state index contributed by atoms with van der Waals surface area (Å²) in [5.74, 6) is -0.211. The van der Waals surface area contributed by atoms with E-state index in [-0.39, 0.29) is 12.0 Å². The molecule has 0 radical (unpaired) electrons. The van der Waals surface area contributed by atoms with Crippen molar-refractivity contribution in [2.45, 2.75) is 19.4 Å². The second-order valence-corrected chi connectivity index (χ2v) is 3.29. The van der Waals surface area contributed by atoms with E-state index in [0.717, 1.165) is 6.29 Å². The normalized spacial score (nSPS) is 26.5. The van der Waals surface area contributed by atoms with Gasteiger partial charge in [-0.15, -0.1) is 0 Å². The van der Waals surface area contributed by atoms with Gasteiger partial charge in [-0.05, 0) is 13.3 Å². The molecule has 1 heterocycles. The van der Waals surface area contributed by atoms with Crippen LogP contribution in [0, 0.1) is 5.92 Å². The smallest absolute Gasteiger partial charge is 0.407 e. The molecular formula is C9H15NO4. The highest BCUT2D eigenvalue weighted by atomic mass is 16.5. The van der Waals surface area contributed by atoms with Crippen LogP contribution >= 0.6 is 0 Å². The Hall–Kier alpha value is -1.10. The monoisotopic (exact) mass is 201 g/mol. The van der Waals surface area contributed by atoms with E-state index in [1.54, 1.807) is 0 Å². The Balaban J connectivity index is 2.60. The molecular weight excluding hydrogens is 186 g/mol. The highest BCUT2D eigenvalue weighted by molar-refractivity contribution is 5.68. The standard InChI is InChI=1S/C9H15NO4/c1-2-14-6-8-7(5-11)3-4-10(8)9(12)13/h5,7-8H,2-4,6H2,1H3,(H,12,13). The van der Waals surface area contributed by atoms with Gasteiger partial charge in [-0.25, -0.2) is 4.79 Å². The molecule has 1 aliphatic rings. The molecule has 0 aromatic carbocycles. The number of nitrogens with zero attached hydrogens (tertiary/aromatic N) is 1. The lowest BCUT2D eigenvalue weighted by Crippen LogP contribution is -2.40. The molecule has 0 saturated carbocycles. The molecule has 2 atom stereocenters. The molecule has 80 valence electrons. The molecule has 1 aliphatic heterocycles. The molecule has 0 bridgehead atoms. The van der Waals surface area contributed by atoms with E-state index in [1.165, 1.54) is 4.90 Å². The number of hydrogen-bond donors (Lipinski definition) is 1. The van der Waals surface area contributed by atoms with Crippen molar-refractivity contribution in [3.8, 4) is 0 Å². The Morgan fingerprint density at radius 1 is 1.71 bits per heavy atom. The van der Waals surface area contributed by atoms with E-state index >= 15 is 0 Å². The molecule has 0 aliphatic carbocycles.